The van der Waals surface area contributed by atoms with Gasteiger partial charge < -0.3 is 0 Å². The molecule has 0 N–H and O–H groups in total. The van der Waals surface area contributed by atoms with Crippen molar-refractivity contribution in [2.45, 2.75) is 0 Å². The zero-order valence-corrected chi connectivity index (χ0v) is 16.4. The number of hydrogen-bond acceptors (Lipinski definition) is 6. The van der Waals surface area contributed by atoms with E-state index in [-0.39, 0.29) is 0 Å². The zero-order chi connectivity index (χ0) is 19.2. The number of rotatable bonds is 3. The van der Waals surface area contributed by atoms with Gasteiger partial charge in [0.1, 0.15) is 9.84 Å². The summed E-state index contributed by atoms with van der Waals surface area (Å²) in [7, 11) is 1.71. The van der Waals surface area contributed by atoms with E-state index >= 15 is 0 Å². The van der Waals surface area contributed by atoms with Crippen molar-refractivity contribution in [3.05, 3.63) is 67.0 Å². The van der Waals surface area contributed by atoms with Crippen molar-refractivity contribution in [3.63, 3.8) is 0 Å². The molecule has 27 heavy (non-hydrogen) atoms. The Kier molecular flexibility index (Phi) is 5.95. The zero-order valence-electron chi connectivity index (χ0n) is 14.8. The average Bonchev–Trinajstić information content (AvgIpc) is 3.38. The molecule has 0 spiro atoms. The van der Waals surface area contributed by atoms with E-state index in [9.17, 15) is 0 Å². The van der Waals surface area contributed by atoms with Crippen LogP contribution in [0.15, 0.2) is 72.1 Å². The molecule has 0 radical (unpaired) electrons. The highest BCUT2D eigenvalue weighted by Crippen LogP contribution is 2.33. The van der Waals surface area contributed by atoms with Gasteiger partial charge >= 0.3 is 0 Å². The molecule has 0 amide bonds. The fourth-order valence-corrected chi connectivity index (χ4v) is 4.35. The summed E-state index contributed by atoms with van der Waals surface area (Å²) >= 11 is 3.17. The molecule has 4 heterocycles. The Morgan fingerprint density at radius 2 is 1.96 bits per heavy atom. The number of pyridine rings is 2. The standard InChI is InChI=1S/C18H13N5S2.C2H4/c1-19-16(20-2)14-8-11-5-6-13(23-18(11)24-14)15-10-22-17(25-15)12-4-3-7-21-9-12;1-2/h3-10H,1H2,2H3;1-2H2. The first-order valence-corrected chi connectivity index (χ1v) is 9.63. The summed E-state index contributed by atoms with van der Waals surface area (Å²) < 4.78 is 0. The average molecular weight is 392 g/mol. The van der Waals surface area contributed by atoms with Gasteiger partial charge in [0.15, 0.2) is 5.84 Å². The smallest absolute Gasteiger partial charge is 0.164 e. The summed E-state index contributed by atoms with van der Waals surface area (Å²) in [5.74, 6) is 0.640. The number of thiazole rings is 1. The molecule has 4 aromatic rings. The van der Waals surface area contributed by atoms with Gasteiger partial charge in [-0.05, 0) is 37.0 Å². The van der Waals surface area contributed by atoms with Crippen molar-refractivity contribution in [1.29, 1.82) is 0 Å². The monoisotopic (exact) mass is 391 g/mol. The number of nitrogens with zero attached hydrogens (tertiary/aromatic N) is 5. The third-order valence-electron chi connectivity index (χ3n) is 3.63. The summed E-state index contributed by atoms with van der Waals surface area (Å²) in [4.78, 5) is 24.5. The Labute approximate surface area is 165 Å². The lowest BCUT2D eigenvalue weighted by Crippen LogP contribution is -1.90. The van der Waals surface area contributed by atoms with Gasteiger partial charge in [0.25, 0.3) is 0 Å². The molecule has 0 aliphatic carbocycles. The number of thiophene rings is 1. The predicted molar refractivity (Wildman–Crippen MR) is 117 cm³/mol. The van der Waals surface area contributed by atoms with Crippen molar-refractivity contribution in [2.75, 3.05) is 7.05 Å². The Hall–Kier alpha value is -3.03. The minimum absolute atomic E-state index is 0.640. The predicted octanol–water partition coefficient (Wildman–Crippen LogP) is 5.36. The minimum Gasteiger partial charge on any atom is -0.269 e. The van der Waals surface area contributed by atoms with Crippen LogP contribution < -0.4 is 0 Å². The van der Waals surface area contributed by atoms with E-state index in [1.54, 1.807) is 35.9 Å². The molecule has 0 saturated carbocycles. The third-order valence-corrected chi connectivity index (χ3v) is 5.74. The normalized spacial score (nSPS) is 11.1. The molecular weight excluding hydrogens is 374 g/mol. The van der Waals surface area contributed by atoms with Crippen LogP contribution in [0.4, 0.5) is 0 Å². The van der Waals surface area contributed by atoms with Crippen molar-refractivity contribution < 1.29 is 0 Å². The lowest BCUT2D eigenvalue weighted by Gasteiger charge is -1.96. The fraction of sp³-hybridized carbons (Fsp3) is 0.0500. The molecule has 4 aromatic heterocycles. The lowest BCUT2D eigenvalue weighted by atomic mass is 10.2. The van der Waals surface area contributed by atoms with E-state index in [1.165, 1.54) is 0 Å². The van der Waals surface area contributed by atoms with E-state index < -0.39 is 0 Å². The van der Waals surface area contributed by atoms with E-state index in [4.69, 9.17) is 4.98 Å². The van der Waals surface area contributed by atoms with Gasteiger partial charge in [-0.2, -0.15) is 0 Å². The van der Waals surface area contributed by atoms with Gasteiger partial charge in [-0.3, -0.25) is 9.98 Å². The van der Waals surface area contributed by atoms with Gasteiger partial charge in [0, 0.05) is 36.6 Å². The number of amidine groups is 1. The largest absolute Gasteiger partial charge is 0.269 e. The second kappa shape index (κ2) is 8.57. The summed E-state index contributed by atoms with van der Waals surface area (Å²) in [6.07, 6.45) is 5.44. The van der Waals surface area contributed by atoms with Crippen LogP contribution in [0.25, 0.3) is 31.4 Å². The maximum atomic E-state index is 4.78. The number of aromatic nitrogens is 3. The molecule has 0 aliphatic rings. The molecule has 0 saturated heterocycles. The molecule has 0 fully saturated rings. The molecule has 0 aliphatic heterocycles. The molecule has 7 heteroatoms. The molecule has 0 unspecified atom stereocenters. The second-order valence-corrected chi connectivity index (χ2v) is 7.24. The first kappa shape index (κ1) is 18.8. The minimum atomic E-state index is 0.640. The highest BCUT2D eigenvalue weighted by atomic mass is 32.1. The van der Waals surface area contributed by atoms with Gasteiger partial charge in [0.2, 0.25) is 0 Å². The van der Waals surface area contributed by atoms with Crippen LogP contribution in [-0.2, 0) is 0 Å². The molecule has 0 aromatic carbocycles. The summed E-state index contributed by atoms with van der Waals surface area (Å²) in [6.45, 7) is 9.57. The topological polar surface area (TPSA) is 63.4 Å². The van der Waals surface area contributed by atoms with Crippen LogP contribution in [0.3, 0.4) is 0 Å². The molecule has 5 nitrogen and oxygen atoms in total. The SMILES string of the molecule is C=C.C=NC(=NC)c1cc2ccc(-c3cnc(-c4cccnc4)s3)nc2s1. The first-order valence-electron chi connectivity index (χ1n) is 7.99. The second-order valence-electron chi connectivity index (χ2n) is 5.18. The Balaban J connectivity index is 0.00000102. The highest BCUT2D eigenvalue weighted by Gasteiger charge is 2.11. The Bertz CT molecular complexity index is 1100. The molecule has 0 atom stereocenters. The first-order chi connectivity index (χ1) is 13.3. The van der Waals surface area contributed by atoms with Crippen LogP contribution in [0.2, 0.25) is 0 Å². The van der Waals surface area contributed by atoms with Crippen LogP contribution >= 0.6 is 22.7 Å². The quantitative estimate of drug-likeness (QED) is 0.268. The van der Waals surface area contributed by atoms with E-state index in [2.05, 4.69) is 45.9 Å². The third kappa shape index (κ3) is 3.89. The summed E-state index contributed by atoms with van der Waals surface area (Å²) in [6, 6.07) is 10.0. The van der Waals surface area contributed by atoms with E-state index in [0.29, 0.717) is 5.84 Å². The maximum absolute atomic E-state index is 4.78. The van der Waals surface area contributed by atoms with Crippen LogP contribution in [0.5, 0.6) is 0 Å². The molecule has 4 rings (SSSR count). The van der Waals surface area contributed by atoms with Gasteiger partial charge in [-0.1, -0.05) is 0 Å². The summed E-state index contributed by atoms with van der Waals surface area (Å²) in [5, 5.41) is 2.01. The molecular formula is C20H17N5S2. The van der Waals surface area contributed by atoms with Crippen LogP contribution in [0, 0.1) is 0 Å². The molecule has 0 bridgehead atoms. The van der Waals surface area contributed by atoms with Crippen molar-refractivity contribution >= 4 is 45.4 Å². The van der Waals surface area contributed by atoms with Gasteiger partial charge in [0.05, 0.1) is 15.4 Å². The Morgan fingerprint density at radius 3 is 2.67 bits per heavy atom. The fourth-order valence-electron chi connectivity index (χ4n) is 2.44. The number of hydrogen-bond donors (Lipinski definition) is 0. The van der Waals surface area contributed by atoms with E-state index in [0.717, 1.165) is 36.2 Å². The van der Waals surface area contributed by atoms with E-state index in [1.807, 2.05) is 36.7 Å². The number of aliphatic imine (C=N–C) groups is 2. The van der Waals surface area contributed by atoms with Gasteiger partial charge in [-0.15, -0.1) is 35.8 Å². The van der Waals surface area contributed by atoms with Crippen molar-refractivity contribution in [1.82, 2.24) is 15.0 Å². The molecule has 134 valence electrons. The maximum Gasteiger partial charge on any atom is 0.164 e. The van der Waals surface area contributed by atoms with Crippen LogP contribution in [-0.4, -0.2) is 34.6 Å². The lowest BCUT2D eigenvalue weighted by molar-refractivity contribution is 1.31. The van der Waals surface area contributed by atoms with Crippen molar-refractivity contribution in [3.8, 4) is 21.1 Å². The van der Waals surface area contributed by atoms with Gasteiger partial charge in [-0.25, -0.2) is 15.0 Å². The Morgan fingerprint density at radius 1 is 1.11 bits per heavy atom. The number of fused-ring (bicyclic) bond motifs is 1. The van der Waals surface area contributed by atoms with Crippen LogP contribution in [0.1, 0.15) is 4.88 Å². The highest BCUT2D eigenvalue weighted by molar-refractivity contribution is 7.20. The summed E-state index contributed by atoms with van der Waals surface area (Å²) in [5.41, 5.74) is 1.93. The van der Waals surface area contributed by atoms with Crippen molar-refractivity contribution in [2.24, 2.45) is 9.98 Å².